The van der Waals surface area contributed by atoms with E-state index in [0.29, 0.717) is 23.3 Å². The van der Waals surface area contributed by atoms with E-state index in [0.717, 1.165) is 77.8 Å². The summed E-state index contributed by atoms with van der Waals surface area (Å²) in [4.78, 5) is 25.8. The molecule has 3 aromatic heterocycles. The summed E-state index contributed by atoms with van der Waals surface area (Å²) in [7, 11) is 0. The molecule has 2 atom stereocenters. The van der Waals surface area contributed by atoms with Gasteiger partial charge in [0, 0.05) is 56.0 Å². The zero-order valence-electron chi connectivity index (χ0n) is 37.2. The van der Waals surface area contributed by atoms with Crippen LogP contribution in [0.2, 0.25) is 0 Å². The SMILES string of the molecule is c1ccc(-c2nc(-c3ccc4c(c3)C3c5ccccc5C4c4cc(-c5nc(-c6ccccc6)nc(-c6ccccc6)n5)ccc43)cc(-c3ccccc3-c3ccc4c(c3)oc3ccccc34)n2)cc1. The molecule has 0 N–H and O–H groups in total. The zero-order chi connectivity index (χ0) is 45.4. The fraction of sp³-hybridized carbons (Fsp3) is 0.0317. The van der Waals surface area contributed by atoms with Crippen LogP contribution in [0, 0.1) is 0 Å². The monoisotopic (exact) mass is 881 g/mol. The normalized spacial score (nSPS) is 14.4. The average molecular weight is 882 g/mol. The molecule has 0 amide bonds. The number of furan rings is 1. The Balaban J connectivity index is 0.891. The summed E-state index contributed by atoms with van der Waals surface area (Å²) >= 11 is 0. The molecule has 12 aromatic rings. The highest BCUT2D eigenvalue weighted by atomic mass is 16.3. The Labute approximate surface area is 398 Å². The third kappa shape index (κ3) is 6.52. The van der Waals surface area contributed by atoms with Crippen molar-refractivity contribution in [1.82, 2.24) is 24.9 Å². The third-order valence-corrected chi connectivity index (χ3v) is 13.9. The predicted molar refractivity (Wildman–Crippen MR) is 276 cm³/mol. The summed E-state index contributed by atoms with van der Waals surface area (Å²) in [6.07, 6.45) is 0. The molecule has 0 radical (unpaired) electrons. The maximum Gasteiger partial charge on any atom is 0.164 e. The van der Waals surface area contributed by atoms with Crippen molar-refractivity contribution in [2.75, 3.05) is 0 Å². The third-order valence-electron chi connectivity index (χ3n) is 13.9. The van der Waals surface area contributed by atoms with Gasteiger partial charge in [0.25, 0.3) is 0 Å². The highest BCUT2D eigenvalue weighted by Gasteiger charge is 2.41. The van der Waals surface area contributed by atoms with E-state index < -0.39 is 0 Å². The Morgan fingerprint density at radius 2 is 0.710 bits per heavy atom. The molecule has 3 aliphatic rings. The molecule has 0 saturated heterocycles. The van der Waals surface area contributed by atoms with Gasteiger partial charge in [-0.05, 0) is 80.9 Å². The first kappa shape index (κ1) is 39.1. The second kappa shape index (κ2) is 15.8. The Hall–Kier alpha value is -9.13. The van der Waals surface area contributed by atoms with Gasteiger partial charge in [0.05, 0.1) is 11.4 Å². The number of rotatable bonds is 7. The Kier molecular flexibility index (Phi) is 8.92. The predicted octanol–water partition coefficient (Wildman–Crippen LogP) is 15.2. The molecule has 2 unspecified atom stereocenters. The van der Waals surface area contributed by atoms with E-state index >= 15 is 0 Å². The van der Waals surface area contributed by atoms with Crippen LogP contribution >= 0.6 is 0 Å². The molecular weight excluding hydrogens is 843 g/mol. The van der Waals surface area contributed by atoms with Crippen LogP contribution in [-0.4, -0.2) is 24.9 Å². The van der Waals surface area contributed by atoms with Crippen LogP contribution in [0.15, 0.2) is 229 Å². The summed E-state index contributed by atoms with van der Waals surface area (Å²) in [5.41, 5.74) is 19.4. The fourth-order valence-electron chi connectivity index (χ4n) is 10.8. The minimum atomic E-state index is 0.0334. The minimum Gasteiger partial charge on any atom is -0.456 e. The van der Waals surface area contributed by atoms with E-state index in [2.05, 4.69) is 158 Å². The summed E-state index contributed by atoms with van der Waals surface area (Å²) in [6, 6.07) is 78.7. The highest BCUT2D eigenvalue weighted by molar-refractivity contribution is 6.06. The molecule has 0 spiro atoms. The number of aromatic nitrogens is 5. The number of nitrogens with zero attached hydrogens (tertiary/aromatic N) is 5. The lowest BCUT2D eigenvalue weighted by atomic mass is 9.60. The largest absolute Gasteiger partial charge is 0.456 e. The quantitative estimate of drug-likeness (QED) is 0.159. The van der Waals surface area contributed by atoms with Crippen LogP contribution in [0.5, 0.6) is 0 Å². The van der Waals surface area contributed by atoms with E-state index in [1.54, 1.807) is 0 Å². The van der Waals surface area contributed by atoms with Crippen molar-refractivity contribution in [3.05, 3.63) is 258 Å². The van der Waals surface area contributed by atoms with Crippen LogP contribution in [-0.2, 0) is 0 Å². The molecule has 3 aliphatic carbocycles. The minimum absolute atomic E-state index is 0.0334. The van der Waals surface area contributed by atoms with Crippen LogP contribution in [0.4, 0.5) is 0 Å². The molecule has 3 heterocycles. The molecule has 0 fully saturated rings. The van der Waals surface area contributed by atoms with Crippen molar-refractivity contribution >= 4 is 21.9 Å². The molecular formula is C63H39N5O. The van der Waals surface area contributed by atoms with Crippen LogP contribution in [0.25, 0.3) is 101 Å². The number of hydrogen-bond donors (Lipinski definition) is 0. The highest BCUT2D eigenvalue weighted by Crippen LogP contribution is 2.57. The molecule has 6 nitrogen and oxygen atoms in total. The lowest BCUT2D eigenvalue weighted by molar-refractivity contribution is 0.669. The molecule has 322 valence electrons. The van der Waals surface area contributed by atoms with Crippen molar-refractivity contribution in [3.63, 3.8) is 0 Å². The van der Waals surface area contributed by atoms with Crippen LogP contribution in [0.1, 0.15) is 45.2 Å². The average Bonchev–Trinajstić information content (AvgIpc) is 3.81. The van der Waals surface area contributed by atoms with Gasteiger partial charge >= 0.3 is 0 Å². The van der Waals surface area contributed by atoms with E-state index in [1.807, 2.05) is 66.7 Å². The van der Waals surface area contributed by atoms with Gasteiger partial charge in [-0.15, -0.1) is 0 Å². The second-order valence-electron chi connectivity index (χ2n) is 17.9. The topological polar surface area (TPSA) is 77.6 Å². The summed E-state index contributed by atoms with van der Waals surface area (Å²) in [5.74, 6) is 2.70. The zero-order valence-corrected chi connectivity index (χ0v) is 37.2. The summed E-state index contributed by atoms with van der Waals surface area (Å²) in [5, 5.41) is 2.22. The van der Waals surface area contributed by atoms with Crippen molar-refractivity contribution in [1.29, 1.82) is 0 Å². The molecule has 69 heavy (non-hydrogen) atoms. The molecule has 2 bridgehead atoms. The summed E-state index contributed by atoms with van der Waals surface area (Å²) in [6.45, 7) is 0. The molecule has 0 saturated carbocycles. The number of fused-ring (bicyclic) bond motifs is 3. The Bertz CT molecular complexity index is 3920. The van der Waals surface area contributed by atoms with Gasteiger partial charge in [-0.2, -0.15) is 0 Å². The fourth-order valence-corrected chi connectivity index (χ4v) is 10.8. The van der Waals surface area contributed by atoms with E-state index in [1.165, 1.54) is 33.4 Å². The lowest BCUT2D eigenvalue weighted by Gasteiger charge is -2.42. The van der Waals surface area contributed by atoms with Gasteiger partial charge < -0.3 is 4.42 Å². The summed E-state index contributed by atoms with van der Waals surface area (Å²) < 4.78 is 6.36. The number of benzene rings is 9. The van der Waals surface area contributed by atoms with E-state index in [4.69, 9.17) is 29.3 Å². The van der Waals surface area contributed by atoms with Gasteiger partial charge in [-0.1, -0.05) is 188 Å². The standard InChI is InChI=1S/C63H39N5O/c1-4-16-38(17-5-1)60-64-54(37-55(65-60)45-23-11-10-22-44(45)41-28-31-47-46-24-14-15-27-56(46)69-57(47)36-41)42-29-32-50-52(34-42)58-48-25-12-13-26-49(48)59(50)53-35-43(30-33-51(53)58)63-67-61(39-18-6-2-7-19-39)66-62(68-63)40-20-8-3-9-21-40/h1-37,58-59H. The first-order chi connectivity index (χ1) is 34.2. The lowest BCUT2D eigenvalue weighted by Crippen LogP contribution is -2.27. The maximum atomic E-state index is 6.36. The molecule has 15 rings (SSSR count). The molecule has 9 aromatic carbocycles. The van der Waals surface area contributed by atoms with Crippen molar-refractivity contribution in [3.8, 4) is 79.2 Å². The van der Waals surface area contributed by atoms with E-state index in [-0.39, 0.29) is 11.8 Å². The second-order valence-corrected chi connectivity index (χ2v) is 17.9. The smallest absolute Gasteiger partial charge is 0.164 e. The maximum absolute atomic E-state index is 6.36. The first-order valence-electron chi connectivity index (χ1n) is 23.4. The number of hydrogen-bond acceptors (Lipinski definition) is 6. The van der Waals surface area contributed by atoms with Gasteiger partial charge in [0.1, 0.15) is 11.2 Å². The van der Waals surface area contributed by atoms with Crippen molar-refractivity contribution < 1.29 is 4.42 Å². The van der Waals surface area contributed by atoms with Crippen LogP contribution < -0.4 is 0 Å². The Morgan fingerprint density at radius 3 is 1.35 bits per heavy atom. The molecule has 6 heteroatoms. The van der Waals surface area contributed by atoms with Crippen LogP contribution in [0.3, 0.4) is 0 Å². The Morgan fingerprint density at radius 1 is 0.261 bits per heavy atom. The van der Waals surface area contributed by atoms with Crippen molar-refractivity contribution in [2.45, 2.75) is 11.8 Å². The van der Waals surface area contributed by atoms with Gasteiger partial charge in [0.15, 0.2) is 23.3 Å². The number of para-hydroxylation sites is 1. The van der Waals surface area contributed by atoms with E-state index in [9.17, 15) is 0 Å². The van der Waals surface area contributed by atoms with Gasteiger partial charge in [-0.25, -0.2) is 24.9 Å². The first-order valence-corrected chi connectivity index (χ1v) is 23.4. The van der Waals surface area contributed by atoms with Gasteiger partial charge in [0.2, 0.25) is 0 Å². The van der Waals surface area contributed by atoms with Crippen molar-refractivity contribution in [2.24, 2.45) is 0 Å². The van der Waals surface area contributed by atoms with Gasteiger partial charge in [-0.3, -0.25) is 0 Å². The molecule has 0 aliphatic heterocycles.